The zero-order valence-corrected chi connectivity index (χ0v) is 12.1. The lowest BCUT2D eigenvalue weighted by molar-refractivity contribution is -0.153. The summed E-state index contributed by atoms with van der Waals surface area (Å²) < 4.78 is 5.12. The molecule has 3 saturated heterocycles. The summed E-state index contributed by atoms with van der Waals surface area (Å²) in [6.07, 6.45) is 7.36. The molecule has 3 heterocycles. The van der Waals surface area contributed by atoms with E-state index in [1.165, 1.54) is 32.8 Å². The second-order valence-corrected chi connectivity index (χ2v) is 6.47. The quantitative estimate of drug-likeness (QED) is 0.767. The van der Waals surface area contributed by atoms with E-state index in [1.807, 2.05) is 0 Å². The maximum Gasteiger partial charge on any atom is 0.310 e. The van der Waals surface area contributed by atoms with Gasteiger partial charge in [0, 0.05) is 18.1 Å². The lowest BCUT2D eigenvalue weighted by Crippen LogP contribution is -2.56. The molecule has 2 bridgehead atoms. The van der Waals surface area contributed by atoms with Crippen molar-refractivity contribution in [2.45, 2.75) is 56.7 Å². The number of rotatable bonds is 2. The van der Waals surface area contributed by atoms with Crippen LogP contribution >= 0.6 is 0 Å². The monoisotopic (exact) mass is 266 g/mol. The number of carbonyl (C=O) groups excluding carboxylic acids is 1. The predicted molar refractivity (Wildman–Crippen MR) is 73.8 cm³/mol. The first-order valence-corrected chi connectivity index (χ1v) is 7.75. The molecule has 0 spiro atoms. The average molecular weight is 266 g/mol. The summed E-state index contributed by atoms with van der Waals surface area (Å²) >= 11 is 0. The highest BCUT2D eigenvalue weighted by Gasteiger charge is 2.51. The first-order valence-electron chi connectivity index (χ1n) is 7.75. The summed E-state index contributed by atoms with van der Waals surface area (Å²) in [5.74, 6) is 0.556. The van der Waals surface area contributed by atoms with Crippen LogP contribution in [0, 0.1) is 11.8 Å². The van der Waals surface area contributed by atoms with Crippen LogP contribution in [-0.2, 0) is 9.53 Å². The van der Waals surface area contributed by atoms with Crippen molar-refractivity contribution in [1.82, 2.24) is 10.2 Å². The molecule has 0 radical (unpaired) electrons. The number of ether oxygens (including phenoxy) is 1. The average Bonchev–Trinajstić information content (AvgIpc) is 2.70. The standard InChI is InChI=1S/C15H26N2O2/c1-17-10-6-7-13(17)14(15(18)19-2)11(9-10)12-5-3-4-8-16-12/h10-14,16H,3-9H2,1-2H3/t10-,11-,12?,13?,14+/m1/s1. The van der Waals surface area contributed by atoms with Gasteiger partial charge in [0.05, 0.1) is 13.0 Å². The molecule has 19 heavy (non-hydrogen) atoms. The highest BCUT2D eigenvalue weighted by molar-refractivity contribution is 5.74. The van der Waals surface area contributed by atoms with Crippen LogP contribution in [0.15, 0.2) is 0 Å². The topological polar surface area (TPSA) is 41.6 Å². The van der Waals surface area contributed by atoms with Gasteiger partial charge in [-0.05, 0) is 51.6 Å². The van der Waals surface area contributed by atoms with Gasteiger partial charge in [-0.3, -0.25) is 9.69 Å². The number of hydrogen-bond acceptors (Lipinski definition) is 4. The maximum absolute atomic E-state index is 12.3. The number of nitrogens with zero attached hydrogens (tertiary/aromatic N) is 1. The van der Waals surface area contributed by atoms with Crippen molar-refractivity contribution in [3.05, 3.63) is 0 Å². The molecule has 0 saturated carbocycles. The zero-order valence-electron chi connectivity index (χ0n) is 12.1. The number of esters is 1. The van der Waals surface area contributed by atoms with Crippen molar-refractivity contribution < 1.29 is 9.53 Å². The van der Waals surface area contributed by atoms with Gasteiger partial charge in [0.25, 0.3) is 0 Å². The smallest absolute Gasteiger partial charge is 0.310 e. The molecule has 0 amide bonds. The Morgan fingerprint density at radius 1 is 1.26 bits per heavy atom. The Labute approximate surface area is 115 Å². The molecule has 3 aliphatic heterocycles. The molecular weight excluding hydrogens is 240 g/mol. The highest BCUT2D eigenvalue weighted by Crippen LogP contribution is 2.44. The minimum absolute atomic E-state index is 0.00886. The van der Waals surface area contributed by atoms with Gasteiger partial charge in [0.1, 0.15) is 0 Å². The van der Waals surface area contributed by atoms with E-state index in [1.54, 1.807) is 0 Å². The van der Waals surface area contributed by atoms with Gasteiger partial charge in [0.15, 0.2) is 0 Å². The fraction of sp³-hybridized carbons (Fsp3) is 0.933. The van der Waals surface area contributed by atoms with Crippen molar-refractivity contribution in [3.63, 3.8) is 0 Å². The number of piperidine rings is 2. The van der Waals surface area contributed by atoms with E-state index in [0.29, 0.717) is 24.0 Å². The van der Waals surface area contributed by atoms with Crippen molar-refractivity contribution in [2.75, 3.05) is 20.7 Å². The SMILES string of the molecule is COC(=O)[C@@H]1C2CC[C@H](C[C@@H]1C1CCCCN1)N2C. The van der Waals surface area contributed by atoms with Crippen molar-refractivity contribution in [3.8, 4) is 0 Å². The Balaban J connectivity index is 1.82. The third kappa shape index (κ3) is 2.29. The largest absolute Gasteiger partial charge is 0.469 e. The van der Waals surface area contributed by atoms with Crippen LogP contribution in [-0.4, -0.2) is 49.7 Å². The van der Waals surface area contributed by atoms with Crippen LogP contribution in [0.25, 0.3) is 0 Å². The molecule has 3 fully saturated rings. The fourth-order valence-corrected chi connectivity index (χ4v) is 4.63. The number of methoxy groups -OCH3 is 1. The lowest BCUT2D eigenvalue weighted by Gasteiger charge is -2.45. The van der Waals surface area contributed by atoms with E-state index < -0.39 is 0 Å². The van der Waals surface area contributed by atoms with Crippen LogP contribution in [0.1, 0.15) is 38.5 Å². The molecule has 4 nitrogen and oxygen atoms in total. The first-order chi connectivity index (χ1) is 9.22. The van der Waals surface area contributed by atoms with E-state index in [0.717, 1.165) is 19.4 Å². The van der Waals surface area contributed by atoms with E-state index in [-0.39, 0.29) is 11.9 Å². The summed E-state index contributed by atoms with van der Waals surface area (Å²) in [6, 6.07) is 1.61. The molecule has 4 heteroatoms. The van der Waals surface area contributed by atoms with Crippen molar-refractivity contribution in [1.29, 1.82) is 0 Å². The Morgan fingerprint density at radius 3 is 2.79 bits per heavy atom. The van der Waals surface area contributed by atoms with E-state index in [4.69, 9.17) is 4.74 Å². The molecule has 0 aliphatic carbocycles. The van der Waals surface area contributed by atoms with Gasteiger partial charge < -0.3 is 10.1 Å². The van der Waals surface area contributed by atoms with E-state index in [9.17, 15) is 4.79 Å². The second kappa shape index (κ2) is 5.41. The first kappa shape index (κ1) is 13.4. The Hall–Kier alpha value is -0.610. The van der Waals surface area contributed by atoms with Crippen molar-refractivity contribution in [2.24, 2.45) is 11.8 Å². The molecule has 2 unspecified atom stereocenters. The summed E-state index contributed by atoms with van der Waals surface area (Å²) in [7, 11) is 3.72. The second-order valence-electron chi connectivity index (χ2n) is 6.47. The Kier molecular flexibility index (Phi) is 3.81. The van der Waals surface area contributed by atoms with Gasteiger partial charge in [-0.1, -0.05) is 6.42 Å². The van der Waals surface area contributed by atoms with Gasteiger partial charge in [-0.25, -0.2) is 0 Å². The molecule has 0 aromatic carbocycles. The maximum atomic E-state index is 12.3. The van der Waals surface area contributed by atoms with Gasteiger partial charge in [-0.2, -0.15) is 0 Å². The molecular formula is C15H26N2O2. The molecule has 5 atom stereocenters. The number of carbonyl (C=O) groups is 1. The molecule has 1 N–H and O–H groups in total. The zero-order chi connectivity index (χ0) is 13.4. The van der Waals surface area contributed by atoms with Crippen LogP contribution in [0.5, 0.6) is 0 Å². The van der Waals surface area contributed by atoms with Crippen LogP contribution < -0.4 is 5.32 Å². The molecule has 3 aliphatic rings. The summed E-state index contributed by atoms with van der Waals surface area (Å²) in [5, 5.41) is 3.66. The minimum atomic E-state index is 0.00886. The fourth-order valence-electron chi connectivity index (χ4n) is 4.63. The Morgan fingerprint density at radius 2 is 2.11 bits per heavy atom. The summed E-state index contributed by atoms with van der Waals surface area (Å²) in [4.78, 5) is 14.7. The molecule has 0 aromatic rings. The molecule has 0 aromatic heterocycles. The third-order valence-electron chi connectivity index (χ3n) is 5.65. The lowest BCUT2D eigenvalue weighted by atomic mass is 9.74. The van der Waals surface area contributed by atoms with Gasteiger partial charge in [-0.15, -0.1) is 0 Å². The number of nitrogens with one attached hydrogen (secondary N) is 1. The van der Waals surface area contributed by atoms with Gasteiger partial charge >= 0.3 is 5.97 Å². The number of hydrogen-bond donors (Lipinski definition) is 1. The normalized spacial score (nSPS) is 43.2. The highest BCUT2D eigenvalue weighted by atomic mass is 16.5. The van der Waals surface area contributed by atoms with Crippen LogP contribution in [0.4, 0.5) is 0 Å². The third-order valence-corrected chi connectivity index (χ3v) is 5.65. The van der Waals surface area contributed by atoms with E-state index in [2.05, 4.69) is 17.3 Å². The molecule has 108 valence electrons. The van der Waals surface area contributed by atoms with Gasteiger partial charge in [0.2, 0.25) is 0 Å². The number of fused-ring (bicyclic) bond motifs is 2. The Bertz CT molecular complexity index is 341. The summed E-state index contributed by atoms with van der Waals surface area (Å²) in [5.41, 5.74) is 0. The predicted octanol–water partition coefficient (Wildman–Crippen LogP) is 1.40. The van der Waals surface area contributed by atoms with E-state index >= 15 is 0 Å². The van der Waals surface area contributed by atoms with Crippen molar-refractivity contribution >= 4 is 5.97 Å². The minimum Gasteiger partial charge on any atom is -0.469 e. The van der Waals surface area contributed by atoms with Crippen LogP contribution in [0.2, 0.25) is 0 Å². The summed E-state index contributed by atoms with van der Waals surface area (Å²) in [6.45, 7) is 1.11. The molecule has 3 rings (SSSR count). The van der Waals surface area contributed by atoms with Crippen LogP contribution in [0.3, 0.4) is 0 Å².